The van der Waals surface area contributed by atoms with Crippen molar-refractivity contribution in [3.8, 4) is 11.4 Å². The zero-order valence-electron chi connectivity index (χ0n) is 20.3. The highest BCUT2D eigenvalue weighted by Gasteiger charge is 2.50. The second kappa shape index (κ2) is 8.90. The third-order valence-corrected chi connectivity index (χ3v) is 6.38. The number of para-hydroxylation sites is 1. The molecular weight excluding hydrogens is 474 g/mol. The average molecular weight is 498 g/mol. The van der Waals surface area contributed by atoms with Gasteiger partial charge in [-0.3, -0.25) is 24.4 Å². The molecule has 1 atom stereocenters. The van der Waals surface area contributed by atoms with Crippen LogP contribution in [0.1, 0.15) is 28.7 Å². The van der Waals surface area contributed by atoms with Crippen molar-refractivity contribution >= 4 is 28.7 Å². The predicted octanol–water partition coefficient (Wildman–Crippen LogP) is 2.81. The molecular formula is C27H23N5O5. The zero-order chi connectivity index (χ0) is 26.3. The lowest BCUT2D eigenvalue weighted by Crippen LogP contribution is -2.47. The molecule has 2 N–H and O–H groups in total. The number of nitrogens with one attached hydrogen (secondary N) is 2. The minimum absolute atomic E-state index is 0.193. The number of nitrogens with zero attached hydrogens (tertiary/aromatic N) is 3. The van der Waals surface area contributed by atoms with Gasteiger partial charge in [0.15, 0.2) is 0 Å². The van der Waals surface area contributed by atoms with Crippen LogP contribution in [0, 0.1) is 6.92 Å². The monoisotopic (exact) mass is 497 g/mol. The van der Waals surface area contributed by atoms with Crippen molar-refractivity contribution in [2.75, 3.05) is 7.11 Å². The molecule has 10 nitrogen and oxygen atoms in total. The molecule has 0 aliphatic carbocycles. The quantitative estimate of drug-likeness (QED) is 0.409. The molecule has 4 aromatic rings. The van der Waals surface area contributed by atoms with E-state index in [9.17, 15) is 19.2 Å². The third-order valence-electron chi connectivity index (χ3n) is 6.38. The second-order valence-corrected chi connectivity index (χ2v) is 8.73. The first-order chi connectivity index (χ1) is 17.7. The molecule has 4 amide bonds. The number of rotatable bonds is 5. The molecule has 37 heavy (non-hydrogen) atoms. The minimum atomic E-state index is -1.38. The third kappa shape index (κ3) is 3.98. The number of ether oxygens (including phenoxy) is 1. The first-order valence-electron chi connectivity index (χ1n) is 11.4. The van der Waals surface area contributed by atoms with Crippen LogP contribution in [0.4, 0.5) is 4.79 Å². The van der Waals surface area contributed by atoms with Gasteiger partial charge in [-0.1, -0.05) is 24.3 Å². The summed E-state index contributed by atoms with van der Waals surface area (Å²) in [5.74, 6) is -0.276. The van der Waals surface area contributed by atoms with Gasteiger partial charge in [0.2, 0.25) is 0 Å². The molecule has 186 valence electrons. The standard InChI is InChI=1S/C27H23N5O5/c1-16-28-22-10-5-4-9-21(22)24(34)31(16)19-13-11-17(12-14-19)23(33)30-32-25(35)27(2,29-26(32)36)18-7-6-8-20(15-18)37-3/h4-15H,1-3H3,(H,29,36)(H,30,33)/t27-/m1/s1. The van der Waals surface area contributed by atoms with Crippen LogP contribution in [-0.4, -0.2) is 39.5 Å². The van der Waals surface area contributed by atoms with Gasteiger partial charge in [-0.25, -0.2) is 9.78 Å². The van der Waals surface area contributed by atoms with Crippen LogP contribution in [0.5, 0.6) is 5.75 Å². The van der Waals surface area contributed by atoms with Gasteiger partial charge < -0.3 is 10.1 Å². The maximum absolute atomic E-state index is 13.2. The first-order valence-corrected chi connectivity index (χ1v) is 11.4. The Morgan fingerprint density at radius 1 is 1.00 bits per heavy atom. The van der Waals surface area contributed by atoms with E-state index in [0.29, 0.717) is 38.7 Å². The van der Waals surface area contributed by atoms with Gasteiger partial charge in [0.05, 0.1) is 23.7 Å². The molecule has 10 heteroatoms. The van der Waals surface area contributed by atoms with Crippen LogP contribution < -0.4 is 21.0 Å². The van der Waals surface area contributed by atoms with E-state index in [0.717, 1.165) is 0 Å². The zero-order valence-corrected chi connectivity index (χ0v) is 20.3. The van der Waals surface area contributed by atoms with Gasteiger partial charge in [0, 0.05) is 5.56 Å². The number of aromatic nitrogens is 2. The van der Waals surface area contributed by atoms with Gasteiger partial charge in [-0.2, -0.15) is 5.01 Å². The fourth-order valence-corrected chi connectivity index (χ4v) is 4.35. The number of carbonyl (C=O) groups excluding carboxylic acids is 3. The Morgan fingerprint density at radius 2 is 1.73 bits per heavy atom. The summed E-state index contributed by atoms with van der Waals surface area (Å²) in [6.07, 6.45) is 0. The number of methoxy groups -OCH3 is 1. The topological polar surface area (TPSA) is 123 Å². The van der Waals surface area contributed by atoms with E-state index in [1.807, 2.05) is 6.07 Å². The van der Waals surface area contributed by atoms with Crippen molar-refractivity contribution < 1.29 is 19.1 Å². The Balaban J connectivity index is 1.38. The number of hydrogen-bond donors (Lipinski definition) is 2. The summed E-state index contributed by atoms with van der Waals surface area (Å²) in [5.41, 5.74) is 2.60. The predicted molar refractivity (Wildman–Crippen MR) is 135 cm³/mol. The van der Waals surface area contributed by atoms with Crippen LogP contribution in [0.25, 0.3) is 16.6 Å². The summed E-state index contributed by atoms with van der Waals surface area (Å²) in [6, 6.07) is 19.3. The fourth-order valence-electron chi connectivity index (χ4n) is 4.35. The lowest BCUT2D eigenvalue weighted by molar-refractivity contribution is -0.132. The summed E-state index contributed by atoms with van der Waals surface area (Å²) in [5, 5.41) is 3.78. The molecule has 0 bridgehead atoms. The molecule has 5 rings (SSSR count). The molecule has 0 unspecified atom stereocenters. The summed E-state index contributed by atoms with van der Waals surface area (Å²) in [4.78, 5) is 56.2. The number of imide groups is 1. The normalized spacial score (nSPS) is 17.1. The number of fused-ring (bicyclic) bond motifs is 1. The van der Waals surface area contributed by atoms with Crippen LogP contribution >= 0.6 is 0 Å². The number of hydrazine groups is 1. The Morgan fingerprint density at radius 3 is 2.46 bits per heavy atom. The molecule has 1 aromatic heterocycles. The van der Waals surface area contributed by atoms with E-state index < -0.39 is 23.4 Å². The van der Waals surface area contributed by atoms with Crippen LogP contribution in [0.15, 0.2) is 77.6 Å². The lowest BCUT2D eigenvalue weighted by Gasteiger charge is -2.22. The number of amides is 4. The maximum Gasteiger partial charge on any atom is 0.344 e. The largest absolute Gasteiger partial charge is 0.497 e. The highest BCUT2D eigenvalue weighted by molar-refractivity contribution is 6.09. The van der Waals surface area contributed by atoms with Crippen molar-refractivity contribution in [3.05, 3.63) is 100 Å². The number of benzene rings is 3. The minimum Gasteiger partial charge on any atom is -0.497 e. The van der Waals surface area contributed by atoms with Crippen LogP contribution in [0.3, 0.4) is 0 Å². The van der Waals surface area contributed by atoms with Crippen molar-refractivity contribution in [2.45, 2.75) is 19.4 Å². The first kappa shape index (κ1) is 23.7. The molecule has 3 aromatic carbocycles. The van der Waals surface area contributed by atoms with Gasteiger partial charge in [-0.05, 0) is 67.9 Å². The molecule has 1 saturated heterocycles. The van der Waals surface area contributed by atoms with E-state index in [-0.39, 0.29) is 11.1 Å². The number of carbonyl (C=O) groups is 3. The Hall–Kier alpha value is -4.99. The number of urea groups is 1. The summed E-state index contributed by atoms with van der Waals surface area (Å²) in [7, 11) is 1.50. The van der Waals surface area contributed by atoms with Crippen molar-refractivity contribution in [2.24, 2.45) is 0 Å². The summed E-state index contributed by atoms with van der Waals surface area (Å²) in [6.45, 7) is 3.28. The van der Waals surface area contributed by atoms with Crippen molar-refractivity contribution in [1.29, 1.82) is 0 Å². The molecule has 1 aliphatic rings. The van der Waals surface area contributed by atoms with E-state index >= 15 is 0 Å². The van der Waals surface area contributed by atoms with Gasteiger partial charge in [0.1, 0.15) is 17.1 Å². The van der Waals surface area contributed by atoms with E-state index in [2.05, 4.69) is 15.7 Å². The van der Waals surface area contributed by atoms with Gasteiger partial charge >= 0.3 is 6.03 Å². The van der Waals surface area contributed by atoms with Gasteiger partial charge in [0.25, 0.3) is 17.4 Å². The van der Waals surface area contributed by atoms with Crippen LogP contribution in [0.2, 0.25) is 0 Å². The Labute approximate surface area is 211 Å². The van der Waals surface area contributed by atoms with Crippen LogP contribution in [-0.2, 0) is 10.3 Å². The Bertz CT molecular complexity index is 1630. The second-order valence-electron chi connectivity index (χ2n) is 8.73. The highest BCUT2D eigenvalue weighted by atomic mass is 16.5. The Kier molecular flexibility index (Phi) is 5.71. The average Bonchev–Trinajstić information content (AvgIpc) is 3.12. The molecule has 2 heterocycles. The van der Waals surface area contributed by atoms with Crippen molar-refractivity contribution in [3.63, 3.8) is 0 Å². The lowest BCUT2D eigenvalue weighted by atomic mass is 9.92. The van der Waals surface area contributed by atoms with E-state index in [1.54, 1.807) is 68.4 Å². The molecule has 0 spiro atoms. The summed E-state index contributed by atoms with van der Waals surface area (Å²) < 4.78 is 6.67. The highest BCUT2D eigenvalue weighted by Crippen LogP contribution is 2.30. The molecule has 1 aliphatic heterocycles. The summed E-state index contributed by atoms with van der Waals surface area (Å²) >= 11 is 0. The SMILES string of the molecule is COc1cccc([C@@]2(C)NC(=O)N(NC(=O)c3ccc(-n4c(C)nc5ccccc5c4=O)cc3)C2=O)c1. The van der Waals surface area contributed by atoms with E-state index in [4.69, 9.17) is 4.74 Å². The molecule has 0 saturated carbocycles. The number of hydrogen-bond acceptors (Lipinski definition) is 6. The van der Waals surface area contributed by atoms with Gasteiger partial charge in [-0.15, -0.1) is 0 Å². The smallest absolute Gasteiger partial charge is 0.344 e. The van der Waals surface area contributed by atoms with Crippen molar-refractivity contribution in [1.82, 2.24) is 25.3 Å². The fraction of sp³-hybridized carbons (Fsp3) is 0.148. The molecule has 0 radical (unpaired) electrons. The maximum atomic E-state index is 13.2. The number of aryl methyl sites for hydroxylation is 1. The van der Waals surface area contributed by atoms with E-state index in [1.165, 1.54) is 23.8 Å². The molecule has 1 fully saturated rings.